The number of nitrogens with one attached hydrogen (secondary N) is 1. The number of ether oxygens (including phenoxy) is 1. The third-order valence-electron chi connectivity index (χ3n) is 6.60. The Morgan fingerprint density at radius 2 is 1.80 bits per heavy atom. The lowest BCUT2D eigenvalue weighted by atomic mass is 9.97. The van der Waals surface area contributed by atoms with Gasteiger partial charge in [-0.25, -0.2) is 4.79 Å². The van der Waals surface area contributed by atoms with Gasteiger partial charge in [0.2, 0.25) is 17.7 Å². The van der Waals surface area contributed by atoms with E-state index in [4.69, 9.17) is 14.1 Å². The van der Waals surface area contributed by atoms with Crippen LogP contribution in [0.4, 0.5) is 10.5 Å². The fraction of sp³-hybridized carbons (Fsp3) is 0.357. The van der Waals surface area contributed by atoms with Gasteiger partial charge >= 0.3 is 6.16 Å². The first-order valence-electron chi connectivity index (χ1n) is 13.2. The summed E-state index contributed by atoms with van der Waals surface area (Å²) in [5, 5.41) is 2.51. The maximum absolute atomic E-state index is 12.6. The van der Waals surface area contributed by atoms with Crippen LogP contribution in [-0.2, 0) is 43.7 Å². The Morgan fingerprint density at radius 1 is 1.16 bits per heavy atom. The molecule has 4 rings (SSSR count). The SMILES string of the molecule is C=C/C=C1\C(=C/C)c2ccc(NC(=O)CCN3C(=O)CC(S)C3=O)cc2C1COC(=O)ON1C(=O)CCC1=O.CS(=O)(=O)O. The van der Waals surface area contributed by atoms with Crippen LogP contribution in [-0.4, -0.2) is 83.3 Å². The number of benzene rings is 1. The highest BCUT2D eigenvalue weighted by Crippen LogP contribution is 2.46. The summed E-state index contributed by atoms with van der Waals surface area (Å²) in [4.78, 5) is 78.1. The van der Waals surface area contributed by atoms with Gasteiger partial charge in [-0.15, -0.1) is 0 Å². The number of hydrogen-bond donors (Lipinski definition) is 3. The van der Waals surface area contributed by atoms with Crippen molar-refractivity contribution >= 4 is 69.7 Å². The molecule has 14 nitrogen and oxygen atoms in total. The Bertz CT molecular complexity index is 1540. The molecule has 0 bridgehead atoms. The van der Waals surface area contributed by atoms with Gasteiger partial charge in [0, 0.05) is 43.8 Å². The summed E-state index contributed by atoms with van der Waals surface area (Å²) in [6.07, 6.45) is 4.70. The van der Waals surface area contributed by atoms with Crippen LogP contribution in [0.3, 0.4) is 0 Å². The molecule has 2 aliphatic heterocycles. The molecule has 0 spiro atoms. The number of anilines is 1. The number of fused-ring (bicyclic) bond motifs is 1. The predicted octanol–water partition coefficient (Wildman–Crippen LogP) is 2.41. The van der Waals surface area contributed by atoms with E-state index in [0.29, 0.717) is 17.0 Å². The van der Waals surface area contributed by atoms with Gasteiger partial charge < -0.3 is 10.1 Å². The lowest BCUT2D eigenvalue weighted by Gasteiger charge is -2.17. The Balaban J connectivity index is 0.000000978. The zero-order valence-electron chi connectivity index (χ0n) is 23.8. The van der Waals surface area contributed by atoms with Gasteiger partial charge in [-0.1, -0.05) is 35.9 Å². The summed E-state index contributed by atoms with van der Waals surface area (Å²) in [5.74, 6) is -2.84. The van der Waals surface area contributed by atoms with Crippen molar-refractivity contribution < 1.29 is 51.3 Å². The smallest absolute Gasteiger partial charge is 0.432 e. The van der Waals surface area contributed by atoms with Crippen LogP contribution in [0.25, 0.3) is 5.57 Å². The van der Waals surface area contributed by atoms with Gasteiger partial charge in [-0.05, 0) is 41.3 Å². The van der Waals surface area contributed by atoms with Crippen molar-refractivity contribution in [1.29, 1.82) is 0 Å². The highest BCUT2D eigenvalue weighted by atomic mass is 32.2. The molecule has 2 atom stereocenters. The number of rotatable bonds is 8. The number of imide groups is 2. The molecule has 1 aliphatic carbocycles. The summed E-state index contributed by atoms with van der Waals surface area (Å²) in [7, 11) is -3.67. The molecule has 44 heavy (non-hydrogen) atoms. The number of hydrogen-bond acceptors (Lipinski definition) is 11. The minimum absolute atomic E-state index is 0.0177. The summed E-state index contributed by atoms with van der Waals surface area (Å²) >= 11 is 4.08. The zero-order valence-corrected chi connectivity index (χ0v) is 25.6. The van der Waals surface area contributed by atoms with Crippen molar-refractivity contribution in [1.82, 2.24) is 9.96 Å². The second-order valence-corrected chi connectivity index (χ2v) is 11.9. The topological polar surface area (TPSA) is 194 Å². The van der Waals surface area contributed by atoms with Crippen LogP contribution < -0.4 is 5.32 Å². The highest BCUT2D eigenvalue weighted by Gasteiger charge is 2.37. The van der Waals surface area contributed by atoms with E-state index in [1.54, 1.807) is 24.3 Å². The molecular formula is C28H31N3O11S2. The van der Waals surface area contributed by atoms with Crippen molar-refractivity contribution in [3.8, 4) is 0 Å². The third kappa shape index (κ3) is 8.64. The normalized spacial score (nSPS) is 21.4. The molecule has 16 heteroatoms. The molecule has 2 N–H and O–H groups in total. The molecule has 0 saturated carbocycles. The first-order chi connectivity index (χ1) is 20.6. The number of likely N-dealkylation sites (tertiary alicyclic amines) is 1. The second-order valence-electron chi connectivity index (χ2n) is 9.78. The fourth-order valence-corrected chi connectivity index (χ4v) is 5.06. The Morgan fingerprint density at radius 3 is 2.34 bits per heavy atom. The van der Waals surface area contributed by atoms with E-state index in [2.05, 4.69) is 24.5 Å². The average molecular weight is 650 g/mol. The molecule has 1 aromatic carbocycles. The van der Waals surface area contributed by atoms with Crippen molar-refractivity contribution in [3.05, 3.63) is 59.7 Å². The van der Waals surface area contributed by atoms with Gasteiger partial charge in [-0.2, -0.15) is 21.0 Å². The average Bonchev–Trinajstić information content (AvgIpc) is 3.50. The van der Waals surface area contributed by atoms with Crippen molar-refractivity contribution in [2.75, 3.05) is 24.7 Å². The van der Waals surface area contributed by atoms with E-state index in [-0.39, 0.29) is 50.6 Å². The molecule has 0 aromatic heterocycles. The Hall–Kier alpha value is -4.28. The van der Waals surface area contributed by atoms with Crippen molar-refractivity contribution in [2.45, 2.75) is 43.8 Å². The Labute approximate surface area is 258 Å². The molecule has 1 aromatic rings. The first kappa shape index (κ1) is 34.2. The van der Waals surface area contributed by atoms with E-state index in [9.17, 15) is 37.2 Å². The maximum Gasteiger partial charge on any atom is 0.533 e. The highest BCUT2D eigenvalue weighted by molar-refractivity contribution is 7.85. The third-order valence-corrected chi connectivity index (χ3v) is 7.00. The van der Waals surface area contributed by atoms with Crippen LogP contribution >= 0.6 is 12.6 Å². The number of hydroxylamine groups is 2. The summed E-state index contributed by atoms with van der Waals surface area (Å²) in [6.45, 7) is 5.42. The molecule has 3 aliphatic rings. The van der Waals surface area contributed by atoms with Crippen molar-refractivity contribution in [3.63, 3.8) is 0 Å². The minimum atomic E-state index is -3.67. The summed E-state index contributed by atoms with van der Waals surface area (Å²) in [6, 6.07) is 5.31. The lowest BCUT2D eigenvalue weighted by molar-refractivity contribution is -0.177. The summed E-state index contributed by atoms with van der Waals surface area (Å²) < 4.78 is 31.2. The molecule has 5 amide bonds. The van der Waals surface area contributed by atoms with Crippen LogP contribution in [0.5, 0.6) is 0 Å². The molecule has 0 radical (unpaired) electrons. The molecule has 2 heterocycles. The predicted molar refractivity (Wildman–Crippen MR) is 159 cm³/mol. The standard InChI is InChI=1S/C27H27N3O8S.CH4O3S/c1-3-5-17-16(4-2)18-7-6-15(28-22(31)10-11-29-25(34)13-21(39)26(29)35)12-19(18)20(17)14-37-27(36)38-30-23(32)8-9-24(30)33;1-5(2,3)4/h3-7,12,20-21,39H,1,8-11,13-14H2,2H3,(H,28,31);1H3,(H,2,3,4)/b16-4+,17-5+;. The number of amides is 5. The van der Waals surface area contributed by atoms with Gasteiger partial charge in [0.1, 0.15) is 6.61 Å². The number of carbonyl (C=O) groups is 6. The lowest BCUT2D eigenvalue weighted by Crippen LogP contribution is -2.33. The van der Waals surface area contributed by atoms with Gasteiger partial charge in [0.25, 0.3) is 21.9 Å². The Kier molecular flexibility index (Phi) is 11.2. The molecule has 236 valence electrons. The number of nitrogens with zero attached hydrogens (tertiary/aromatic N) is 2. The monoisotopic (exact) mass is 649 g/mol. The van der Waals surface area contributed by atoms with E-state index in [1.165, 1.54) is 0 Å². The van der Waals surface area contributed by atoms with E-state index in [1.807, 2.05) is 19.1 Å². The maximum atomic E-state index is 12.6. The van der Waals surface area contributed by atoms with Crippen LogP contribution in [0, 0.1) is 0 Å². The van der Waals surface area contributed by atoms with E-state index >= 15 is 0 Å². The number of thiol groups is 1. The largest absolute Gasteiger partial charge is 0.533 e. The first-order valence-corrected chi connectivity index (χ1v) is 15.6. The fourth-order valence-electron chi connectivity index (χ4n) is 4.77. The van der Waals surface area contributed by atoms with Crippen LogP contribution in [0.15, 0.2) is 48.6 Å². The minimum Gasteiger partial charge on any atom is -0.432 e. The number of allylic oxidation sites excluding steroid dienone is 4. The zero-order chi connectivity index (χ0) is 32.8. The van der Waals surface area contributed by atoms with E-state index in [0.717, 1.165) is 27.2 Å². The quantitative estimate of drug-likeness (QED) is 0.162. The molecule has 2 fully saturated rings. The van der Waals surface area contributed by atoms with Crippen LogP contribution in [0.2, 0.25) is 0 Å². The summed E-state index contributed by atoms with van der Waals surface area (Å²) in [5.41, 5.74) is 3.81. The van der Waals surface area contributed by atoms with Crippen LogP contribution in [0.1, 0.15) is 49.7 Å². The molecular weight excluding hydrogens is 618 g/mol. The van der Waals surface area contributed by atoms with Gasteiger partial charge in [-0.3, -0.25) is 38.3 Å². The second kappa shape index (κ2) is 14.5. The number of carbonyl (C=O) groups excluding carboxylic acids is 6. The molecule has 2 unspecified atom stereocenters. The van der Waals surface area contributed by atoms with Gasteiger partial charge in [0.15, 0.2) is 0 Å². The van der Waals surface area contributed by atoms with Gasteiger partial charge in [0.05, 0.1) is 11.5 Å². The molecule has 2 saturated heterocycles. The van der Waals surface area contributed by atoms with E-state index < -0.39 is 45.2 Å². The van der Waals surface area contributed by atoms with Crippen molar-refractivity contribution in [2.24, 2.45) is 0 Å².